The number of benzene rings is 2. The highest BCUT2D eigenvalue weighted by Gasteiger charge is 2.27. The predicted octanol–water partition coefficient (Wildman–Crippen LogP) is 4.11. The molecule has 120 valence electrons. The van der Waals surface area contributed by atoms with Crippen molar-refractivity contribution < 1.29 is 0 Å². The molecule has 1 heterocycles. The van der Waals surface area contributed by atoms with Crippen molar-refractivity contribution in [1.29, 1.82) is 5.26 Å². The number of aromatic amines is 1. The summed E-state index contributed by atoms with van der Waals surface area (Å²) in [5.74, 6) is 0. The molecule has 0 aliphatic carbocycles. The van der Waals surface area contributed by atoms with Gasteiger partial charge in [0, 0.05) is 11.1 Å². The quantitative estimate of drug-likeness (QED) is 0.787. The zero-order chi connectivity index (χ0) is 17.2. The minimum Gasteiger partial charge on any atom is -0.322 e. The van der Waals surface area contributed by atoms with Crippen molar-refractivity contribution >= 4 is 10.9 Å². The average molecular weight is 316 g/mol. The van der Waals surface area contributed by atoms with E-state index in [0.717, 1.165) is 27.6 Å². The van der Waals surface area contributed by atoms with Crippen LogP contribution in [0.25, 0.3) is 10.9 Å². The van der Waals surface area contributed by atoms with E-state index in [1.54, 1.807) is 0 Å². The van der Waals surface area contributed by atoms with Crippen LogP contribution in [0, 0.1) is 11.3 Å². The SMILES string of the molecule is CCc1cc2ccc([C@@](C)(C#N)Cc3ccccc3)cc2[nH]c1=O. The maximum atomic E-state index is 12.1. The standard InChI is InChI=1S/C21H20N2O/c1-3-16-11-17-9-10-18(12-19(17)23-20(16)24)21(2,14-22)13-15-7-5-4-6-8-15/h4-12H,3,13H2,1-2H3,(H,23,24)/t21-/m1/s1. The summed E-state index contributed by atoms with van der Waals surface area (Å²) in [7, 11) is 0. The molecule has 0 bridgehead atoms. The molecule has 0 radical (unpaired) electrons. The molecule has 0 saturated carbocycles. The zero-order valence-electron chi connectivity index (χ0n) is 14.0. The number of H-pyrrole nitrogens is 1. The van der Waals surface area contributed by atoms with E-state index in [4.69, 9.17) is 0 Å². The first-order valence-electron chi connectivity index (χ1n) is 8.17. The number of nitriles is 1. The summed E-state index contributed by atoms with van der Waals surface area (Å²) >= 11 is 0. The zero-order valence-corrected chi connectivity index (χ0v) is 14.0. The molecule has 3 aromatic rings. The summed E-state index contributed by atoms with van der Waals surface area (Å²) in [5, 5.41) is 10.8. The highest BCUT2D eigenvalue weighted by Crippen LogP contribution is 2.29. The van der Waals surface area contributed by atoms with E-state index < -0.39 is 5.41 Å². The Morgan fingerprint density at radius 2 is 1.88 bits per heavy atom. The second-order valence-corrected chi connectivity index (χ2v) is 6.39. The maximum absolute atomic E-state index is 12.1. The van der Waals surface area contributed by atoms with Crippen LogP contribution in [0.2, 0.25) is 0 Å². The van der Waals surface area contributed by atoms with Crippen molar-refractivity contribution in [1.82, 2.24) is 4.98 Å². The van der Waals surface area contributed by atoms with Crippen LogP contribution in [0.5, 0.6) is 0 Å². The van der Waals surface area contributed by atoms with E-state index in [-0.39, 0.29) is 5.56 Å². The summed E-state index contributed by atoms with van der Waals surface area (Å²) < 4.78 is 0. The number of hydrogen-bond donors (Lipinski definition) is 1. The van der Waals surface area contributed by atoms with Gasteiger partial charge in [0.2, 0.25) is 0 Å². The van der Waals surface area contributed by atoms with Crippen LogP contribution in [-0.2, 0) is 18.3 Å². The Morgan fingerprint density at radius 3 is 2.54 bits per heavy atom. The third-order valence-electron chi connectivity index (χ3n) is 4.59. The van der Waals surface area contributed by atoms with Crippen LogP contribution >= 0.6 is 0 Å². The summed E-state index contributed by atoms with van der Waals surface area (Å²) in [6.45, 7) is 3.91. The molecular weight excluding hydrogens is 296 g/mol. The molecule has 2 aromatic carbocycles. The fraction of sp³-hybridized carbons (Fsp3) is 0.238. The van der Waals surface area contributed by atoms with Gasteiger partial charge in [-0.05, 0) is 48.4 Å². The average Bonchev–Trinajstić information content (AvgIpc) is 2.61. The number of aryl methyl sites for hydroxylation is 1. The normalized spacial score (nSPS) is 13.4. The van der Waals surface area contributed by atoms with Crippen LogP contribution in [0.15, 0.2) is 59.4 Å². The number of fused-ring (bicyclic) bond motifs is 1. The van der Waals surface area contributed by atoms with Crippen LogP contribution in [-0.4, -0.2) is 4.98 Å². The van der Waals surface area contributed by atoms with Gasteiger partial charge in [-0.1, -0.05) is 49.4 Å². The molecule has 0 aliphatic heterocycles. The number of aromatic nitrogens is 1. The second-order valence-electron chi connectivity index (χ2n) is 6.39. The summed E-state index contributed by atoms with van der Waals surface area (Å²) in [4.78, 5) is 15.0. The van der Waals surface area contributed by atoms with Crippen molar-refractivity contribution in [3.05, 3.63) is 81.6 Å². The monoisotopic (exact) mass is 316 g/mol. The molecule has 0 unspecified atom stereocenters. The van der Waals surface area contributed by atoms with Crippen molar-refractivity contribution in [2.45, 2.75) is 32.1 Å². The predicted molar refractivity (Wildman–Crippen MR) is 97.1 cm³/mol. The van der Waals surface area contributed by atoms with E-state index in [2.05, 4.69) is 11.1 Å². The van der Waals surface area contributed by atoms with Gasteiger partial charge >= 0.3 is 0 Å². The molecule has 3 heteroatoms. The Balaban J connectivity index is 2.06. The molecule has 1 atom stereocenters. The molecule has 1 N–H and O–H groups in total. The van der Waals surface area contributed by atoms with E-state index >= 15 is 0 Å². The van der Waals surface area contributed by atoms with Gasteiger partial charge < -0.3 is 4.98 Å². The Bertz CT molecular complexity index is 967. The first-order valence-corrected chi connectivity index (χ1v) is 8.17. The molecule has 3 nitrogen and oxygen atoms in total. The van der Waals surface area contributed by atoms with Crippen LogP contribution < -0.4 is 5.56 Å². The molecule has 0 amide bonds. The maximum Gasteiger partial charge on any atom is 0.251 e. The number of nitrogens with one attached hydrogen (secondary N) is 1. The first-order chi connectivity index (χ1) is 11.6. The van der Waals surface area contributed by atoms with Crippen molar-refractivity contribution in [2.75, 3.05) is 0 Å². The van der Waals surface area contributed by atoms with Crippen molar-refractivity contribution in [3.8, 4) is 6.07 Å². The molecule has 3 rings (SSSR count). The fourth-order valence-corrected chi connectivity index (χ4v) is 3.06. The van der Waals surface area contributed by atoms with Gasteiger partial charge in [-0.2, -0.15) is 5.26 Å². The highest BCUT2D eigenvalue weighted by molar-refractivity contribution is 5.80. The number of nitrogens with zero attached hydrogens (tertiary/aromatic N) is 1. The molecule has 0 aliphatic rings. The number of hydrogen-bond acceptors (Lipinski definition) is 2. The van der Waals surface area contributed by atoms with Gasteiger partial charge in [0.15, 0.2) is 0 Å². The smallest absolute Gasteiger partial charge is 0.251 e. The largest absolute Gasteiger partial charge is 0.322 e. The van der Waals surface area contributed by atoms with E-state index in [0.29, 0.717) is 12.8 Å². The first kappa shape index (κ1) is 16.0. The Morgan fingerprint density at radius 1 is 1.12 bits per heavy atom. The van der Waals surface area contributed by atoms with Gasteiger partial charge in [0.05, 0.1) is 11.5 Å². The topological polar surface area (TPSA) is 56.6 Å². The Kier molecular flexibility index (Phi) is 4.22. The van der Waals surface area contributed by atoms with Crippen molar-refractivity contribution in [2.24, 2.45) is 0 Å². The highest BCUT2D eigenvalue weighted by atomic mass is 16.1. The van der Waals surface area contributed by atoms with Gasteiger partial charge in [-0.3, -0.25) is 4.79 Å². The minimum absolute atomic E-state index is 0.0520. The van der Waals surface area contributed by atoms with Gasteiger partial charge in [-0.15, -0.1) is 0 Å². The lowest BCUT2D eigenvalue weighted by molar-refractivity contribution is 0.607. The Hall–Kier alpha value is -2.86. The lowest BCUT2D eigenvalue weighted by Gasteiger charge is -2.22. The third kappa shape index (κ3) is 2.96. The molecule has 24 heavy (non-hydrogen) atoms. The second kappa shape index (κ2) is 6.33. The summed E-state index contributed by atoms with van der Waals surface area (Å²) in [6, 6.07) is 20.3. The molecule has 0 fully saturated rings. The fourth-order valence-electron chi connectivity index (χ4n) is 3.06. The summed E-state index contributed by atoms with van der Waals surface area (Å²) in [6.07, 6.45) is 1.34. The van der Waals surface area contributed by atoms with E-state index in [1.807, 2.05) is 68.4 Å². The third-order valence-corrected chi connectivity index (χ3v) is 4.59. The molecule has 1 aromatic heterocycles. The summed E-state index contributed by atoms with van der Waals surface area (Å²) in [5.41, 5.74) is 2.91. The number of pyridine rings is 1. The number of rotatable bonds is 4. The Labute approximate surface area is 141 Å². The van der Waals surface area contributed by atoms with E-state index in [9.17, 15) is 10.1 Å². The molecule has 0 spiro atoms. The molecular formula is C21H20N2O. The van der Waals surface area contributed by atoms with Crippen molar-refractivity contribution in [3.63, 3.8) is 0 Å². The van der Waals surface area contributed by atoms with E-state index in [1.165, 1.54) is 0 Å². The lowest BCUT2D eigenvalue weighted by Crippen LogP contribution is -2.23. The van der Waals surface area contributed by atoms with Crippen LogP contribution in [0.1, 0.15) is 30.5 Å². The van der Waals surface area contributed by atoms with Gasteiger partial charge in [0.1, 0.15) is 0 Å². The minimum atomic E-state index is -0.643. The lowest BCUT2D eigenvalue weighted by atomic mass is 9.78. The van der Waals surface area contributed by atoms with Crippen LogP contribution in [0.3, 0.4) is 0 Å². The molecule has 0 saturated heterocycles. The van der Waals surface area contributed by atoms with Crippen LogP contribution in [0.4, 0.5) is 0 Å². The van der Waals surface area contributed by atoms with Gasteiger partial charge in [-0.25, -0.2) is 0 Å². The van der Waals surface area contributed by atoms with Gasteiger partial charge in [0.25, 0.3) is 5.56 Å².